The Hall–Kier alpha value is -2.44. The van der Waals surface area contributed by atoms with E-state index in [9.17, 15) is 9.90 Å². The van der Waals surface area contributed by atoms with Gasteiger partial charge in [0.05, 0.1) is 25.4 Å². The Morgan fingerprint density at radius 2 is 2.19 bits per heavy atom. The standard InChI is InChI=1S/C21H24N2O4/c24-19-6-3-4-16(12-19)20(25)23-14-21(15-23)17(8-11-27-21)7-10-26-13-18-5-1-2-9-22-18/h1-6,9,12,17,24H,7-8,10-11,13-15H2/t17-/m0/s1. The van der Waals surface area contributed by atoms with Crippen LogP contribution in [0.3, 0.4) is 0 Å². The smallest absolute Gasteiger partial charge is 0.254 e. The first-order valence-electron chi connectivity index (χ1n) is 9.36. The van der Waals surface area contributed by atoms with Crippen molar-refractivity contribution >= 4 is 5.91 Å². The third kappa shape index (κ3) is 3.82. The molecule has 1 amide bonds. The quantitative estimate of drug-likeness (QED) is 0.794. The molecule has 142 valence electrons. The molecule has 2 aromatic rings. The van der Waals surface area contributed by atoms with E-state index >= 15 is 0 Å². The van der Waals surface area contributed by atoms with E-state index < -0.39 is 0 Å². The summed E-state index contributed by atoms with van der Waals surface area (Å²) in [5.41, 5.74) is 1.21. The summed E-state index contributed by atoms with van der Waals surface area (Å²) >= 11 is 0. The molecule has 0 aliphatic carbocycles. The van der Waals surface area contributed by atoms with Crippen molar-refractivity contribution in [1.29, 1.82) is 0 Å². The van der Waals surface area contributed by atoms with Crippen LogP contribution in [0, 0.1) is 5.92 Å². The molecule has 4 rings (SSSR count). The molecule has 6 nitrogen and oxygen atoms in total. The van der Waals surface area contributed by atoms with Gasteiger partial charge in [-0.05, 0) is 49.1 Å². The average molecular weight is 368 g/mol. The van der Waals surface area contributed by atoms with E-state index in [-0.39, 0.29) is 17.3 Å². The summed E-state index contributed by atoms with van der Waals surface area (Å²) in [6, 6.07) is 12.3. The monoisotopic (exact) mass is 368 g/mol. The average Bonchev–Trinajstić information content (AvgIpc) is 3.08. The van der Waals surface area contributed by atoms with Crippen LogP contribution in [0.5, 0.6) is 5.75 Å². The molecule has 6 heteroatoms. The molecule has 1 spiro atoms. The number of likely N-dealkylation sites (tertiary alicyclic amines) is 1. The Labute approximate surface area is 158 Å². The fourth-order valence-corrected chi connectivity index (χ4v) is 3.99. The van der Waals surface area contributed by atoms with Crippen molar-refractivity contribution in [2.45, 2.75) is 25.0 Å². The third-order valence-electron chi connectivity index (χ3n) is 5.48. The Balaban J connectivity index is 1.27. The van der Waals surface area contributed by atoms with Crippen molar-refractivity contribution in [3.63, 3.8) is 0 Å². The summed E-state index contributed by atoms with van der Waals surface area (Å²) < 4.78 is 11.8. The zero-order chi connectivity index (χ0) is 18.7. The van der Waals surface area contributed by atoms with Crippen molar-refractivity contribution < 1.29 is 19.4 Å². The fraction of sp³-hybridized carbons (Fsp3) is 0.429. The molecule has 27 heavy (non-hydrogen) atoms. The van der Waals surface area contributed by atoms with Gasteiger partial charge in [-0.25, -0.2) is 0 Å². The molecule has 2 aliphatic rings. The van der Waals surface area contributed by atoms with Gasteiger partial charge in [-0.1, -0.05) is 12.1 Å². The van der Waals surface area contributed by atoms with Crippen molar-refractivity contribution in [2.24, 2.45) is 5.92 Å². The van der Waals surface area contributed by atoms with E-state index in [2.05, 4.69) is 4.98 Å². The lowest BCUT2D eigenvalue weighted by atomic mass is 9.79. The van der Waals surface area contributed by atoms with Crippen LogP contribution in [0.25, 0.3) is 0 Å². The number of phenols is 1. The largest absolute Gasteiger partial charge is 0.508 e. The number of pyridine rings is 1. The lowest BCUT2D eigenvalue weighted by Gasteiger charge is -2.50. The number of amides is 1. The first-order chi connectivity index (χ1) is 13.2. The highest BCUT2D eigenvalue weighted by atomic mass is 16.5. The van der Waals surface area contributed by atoms with Gasteiger partial charge in [0.15, 0.2) is 0 Å². The second kappa shape index (κ2) is 7.66. The van der Waals surface area contributed by atoms with Gasteiger partial charge in [0.25, 0.3) is 5.91 Å². The molecular formula is C21H24N2O4. The van der Waals surface area contributed by atoms with E-state index in [0.29, 0.717) is 37.8 Å². The number of carbonyl (C=O) groups excluding carboxylic acids is 1. The van der Waals surface area contributed by atoms with Crippen molar-refractivity contribution in [3.8, 4) is 5.75 Å². The second-order valence-electron chi connectivity index (χ2n) is 7.27. The normalized spacial score (nSPS) is 20.6. The van der Waals surface area contributed by atoms with Gasteiger partial charge in [-0.3, -0.25) is 9.78 Å². The Kier molecular flexibility index (Phi) is 5.09. The van der Waals surface area contributed by atoms with E-state index in [1.807, 2.05) is 18.2 Å². The SMILES string of the molecule is O=C(c1cccc(O)c1)N1CC2(C1)OCC[C@@H]2CCOCc1ccccn1. The summed E-state index contributed by atoms with van der Waals surface area (Å²) in [5, 5.41) is 9.57. The summed E-state index contributed by atoms with van der Waals surface area (Å²) in [6.45, 7) is 3.12. The van der Waals surface area contributed by atoms with Crippen LogP contribution < -0.4 is 0 Å². The molecule has 0 bridgehead atoms. The summed E-state index contributed by atoms with van der Waals surface area (Å²) in [5.74, 6) is 0.447. The highest BCUT2D eigenvalue weighted by Gasteiger charge is 2.54. The molecule has 0 unspecified atom stereocenters. The van der Waals surface area contributed by atoms with E-state index in [4.69, 9.17) is 9.47 Å². The van der Waals surface area contributed by atoms with Crippen LogP contribution in [0.15, 0.2) is 48.7 Å². The number of aromatic nitrogens is 1. The van der Waals surface area contributed by atoms with E-state index in [1.54, 1.807) is 29.3 Å². The van der Waals surface area contributed by atoms with E-state index in [0.717, 1.165) is 25.1 Å². The number of benzene rings is 1. The van der Waals surface area contributed by atoms with Crippen LogP contribution in [-0.2, 0) is 16.1 Å². The van der Waals surface area contributed by atoms with Gasteiger partial charge in [0.2, 0.25) is 0 Å². The molecule has 3 heterocycles. The zero-order valence-corrected chi connectivity index (χ0v) is 15.2. The highest BCUT2D eigenvalue weighted by Crippen LogP contribution is 2.42. The molecular weight excluding hydrogens is 344 g/mol. The van der Waals surface area contributed by atoms with Crippen molar-refractivity contribution in [1.82, 2.24) is 9.88 Å². The Bertz CT molecular complexity index is 790. The maximum absolute atomic E-state index is 12.6. The van der Waals surface area contributed by atoms with Crippen LogP contribution in [0.1, 0.15) is 28.9 Å². The maximum atomic E-state index is 12.6. The maximum Gasteiger partial charge on any atom is 0.254 e. The molecule has 1 N–H and O–H groups in total. The summed E-state index contributed by atoms with van der Waals surface area (Å²) in [4.78, 5) is 18.6. The molecule has 1 aromatic carbocycles. The summed E-state index contributed by atoms with van der Waals surface area (Å²) in [7, 11) is 0. The Morgan fingerprint density at radius 3 is 2.96 bits per heavy atom. The molecule has 1 aromatic heterocycles. The number of carbonyl (C=O) groups is 1. The minimum absolute atomic E-state index is 0.0582. The number of nitrogens with zero attached hydrogens (tertiary/aromatic N) is 2. The van der Waals surface area contributed by atoms with Gasteiger partial charge in [0.1, 0.15) is 11.4 Å². The Morgan fingerprint density at radius 1 is 1.30 bits per heavy atom. The predicted octanol–water partition coefficient (Wildman–Crippen LogP) is 2.63. The van der Waals surface area contributed by atoms with Gasteiger partial charge in [-0.2, -0.15) is 0 Å². The van der Waals surface area contributed by atoms with Gasteiger partial charge in [0, 0.05) is 25.0 Å². The third-order valence-corrected chi connectivity index (χ3v) is 5.48. The van der Waals surface area contributed by atoms with Crippen molar-refractivity contribution in [2.75, 3.05) is 26.3 Å². The predicted molar refractivity (Wildman–Crippen MR) is 99.3 cm³/mol. The van der Waals surface area contributed by atoms with Crippen LogP contribution in [0.2, 0.25) is 0 Å². The lowest BCUT2D eigenvalue weighted by molar-refractivity contribution is -0.120. The van der Waals surface area contributed by atoms with Gasteiger partial charge in [-0.15, -0.1) is 0 Å². The first kappa shape index (κ1) is 17.9. The number of hydrogen-bond donors (Lipinski definition) is 1. The molecule has 0 saturated carbocycles. The minimum atomic E-state index is -0.235. The summed E-state index contributed by atoms with van der Waals surface area (Å²) in [6.07, 6.45) is 3.69. The molecule has 2 saturated heterocycles. The first-order valence-corrected chi connectivity index (χ1v) is 9.36. The second-order valence-corrected chi connectivity index (χ2v) is 7.27. The molecule has 0 radical (unpaired) electrons. The number of rotatable bonds is 6. The van der Waals surface area contributed by atoms with Crippen LogP contribution in [-0.4, -0.2) is 52.8 Å². The molecule has 2 aliphatic heterocycles. The van der Waals surface area contributed by atoms with Crippen molar-refractivity contribution in [3.05, 3.63) is 59.9 Å². The number of ether oxygens (including phenoxy) is 2. The molecule has 1 atom stereocenters. The number of phenolic OH excluding ortho intramolecular Hbond substituents is 1. The van der Waals surface area contributed by atoms with Gasteiger partial charge >= 0.3 is 0 Å². The topological polar surface area (TPSA) is 71.9 Å². The zero-order valence-electron chi connectivity index (χ0n) is 15.2. The minimum Gasteiger partial charge on any atom is -0.508 e. The van der Waals surface area contributed by atoms with Crippen LogP contribution in [0.4, 0.5) is 0 Å². The number of hydrogen-bond acceptors (Lipinski definition) is 5. The molecule has 2 fully saturated rings. The van der Waals surface area contributed by atoms with Gasteiger partial charge < -0.3 is 19.5 Å². The van der Waals surface area contributed by atoms with E-state index in [1.165, 1.54) is 6.07 Å². The highest BCUT2D eigenvalue weighted by molar-refractivity contribution is 5.95. The lowest BCUT2D eigenvalue weighted by Crippen LogP contribution is -2.66. The number of aromatic hydroxyl groups is 1. The fourth-order valence-electron chi connectivity index (χ4n) is 3.99. The van der Waals surface area contributed by atoms with Crippen LogP contribution >= 0.6 is 0 Å².